The molecule has 31 heteroatoms. The lowest BCUT2D eigenvalue weighted by Gasteiger charge is -2.51. The van der Waals surface area contributed by atoms with Crippen LogP contribution in [0.25, 0.3) is 0 Å². The van der Waals surface area contributed by atoms with Gasteiger partial charge in [-0.3, -0.25) is 4.79 Å². The Morgan fingerprint density at radius 1 is 0.431 bits per heavy atom. The normalized spacial score (nSPS) is 50.3. The Labute approximate surface area is 409 Å². The summed E-state index contributed by atoms with van der Waals surface area (Å²) in [6.07, 6.45) is -51.9. The van der Waals surface area contributed by atoms with Crippen LogP contribution in [0.5, 0.6) is 0 Å². The van der Waals surface area contributed by atoms with Gasteiger partial charge in [0.2, 0.25) is 5.91 Å². The highest BCUT2D eigenvalue weighted by Gasteiger charge is 2.58. The number of hydrogen-bond donors (Lipinski definition) is 18. The molecule has 6 aliphatic heterocycles. The van der Waals surface area contributed by atoms with Crippen LogP contribution in [0.15, 0.2) is 12.7 Å². The van der Waals surface area contributed by atoms with Crippen LogP contribution in [-0.4, -0.2) is 317 Å². The van der Waals surface area contributed by atoms with Gasteiger partial charge in [0.05, 0.1) is 45.7 Å². The Kier molecular flexibility index (Phi) is 21.4. The van der Waals surface area contributed by atoms with Gasteiger partial charge in [-0.25, -0.2) is 0 Å². The second-order valence-corrected chi connectivity index (χ2v) is 18.1. The van der Waals surface area contributed by atoms with Crippen LogP contribution in [0.2, 0.25) is 0 Å². The molecule has 6 heterocycles. The molecule has 6 rings (SSSR count). The van der Waals surface area contributed by atoms with Crippen molar-refractivity contribution in [2.24, 2.45) is 0 Å². The van der Waals surface area contributed by atoms with E-state index in [0.717, 1.165) is 6.92 Å². The van der Waals surface area contributed by atoms with Crippen molar-refractivity contribution >= 4 is 5.91 Å². The number of rotatable bonds is 19. The van der Waals surface area contributed by atoms with E-state index in [1.807, 2.05) is 0 Å². The molecule has 6 aliphatic rings. The van der Waals surface area contributed by atoms with Gasteiger partial charge in [0.15, 0.2) is 37.7 Å². The van der Waals surface area contributed by atoms with E-state index in [1.165, 1.54) is 13.0 Å². The van der Waals surface area contributed by atoms with E-state index in [9.17, 15) is 91.6 Å². The molecule has 0 aliphatic carbocycles. The number of aliphatic hydroxyl groups is 17. The van der Waals surface area contributed by atoms with Crippen molar-refractivity contribution in [2.75, 3.05) is 39.6 Å². The zero-order valence-electron chi connectivity index (χ0n) is 38.8. The molecule has 6 fully saturated rings. The standard InChI is InChI=1S/C41H69NO30/c1-4-5-61-37-28(58)25(55)31(16(9-46)66-37)68-39-29(59)26(56)32(17(10-47)67-39)69-40-30(60)34(22(52)15(8-45)64-40)71-36-18(42-12(3)48)33(21(51)14(7-44)63-36)70-41-35(24(54)20(50)13(6-43)65-41)72-38-27(57)23(53)19(49)11(2)62-38/h4,11,13-41,43-47,49-60H,1,5-10H2,2-3H3,(H,42,48)/t11?,13?,14?,15?,16?,17?,18?,19-,20+,21+,22+,23?,24?,25?,26?,27?,28?,29?,30?,31-,32+,33?,34?,35?,36+,37-,38+,39+,40-,41+/m1/s1. The minimum atomic E-state index is -2.21. The van der Waals surface area contributed by atoms with Crippen molar-refractivity contribution in [1.29, 1.82) is 0 Å². The van der Waals surface area contributed by atoms with E-state index >= 15 is 0 Å². The van der Waals surface area contributed by atoms with Gasteiger partial charge in [0.25, 0.3) is 0 Å². The third kappa shape index (κ3) is 12.6. The number of nitrogens with one attached hydrogen (secondary N) is 1. The molecule has 0 radical (unpaired) electrons. The lowest BCUT2D eigenvalue weighted by molar-refractivity contribution is -0.393. The van der Waals surface area contributed by atoms with E-state index in [0.29, 0.717) is 0 Å². The Morgan fingerprint density at radius 2 is 0.819 bits per heavy atom. The number of amides is 1. The Balaban J connectivity index is 1.22. The van der Waals surface area contributed by atoms with Crippen LogP contribution in [0.3, 0.4) is 0 Å². The molecular weight excluding hydrogens is 986 g/mol. The fourth-order valence-electron chi connectivity index (χ4n) is 9.13. The zero-order valence-corrected chi connectivity index (χ0v) is 38.8. The summed E-state index contributed by atoms with van der Waals surface area (Å²) >= 11 is 0. The molecule has 31 nitrogen and oxygen atoms in total. The monoisotopic (exact) mass is 1060 g/mol. The van der Waals surface area contributed by atoms with Crippen LogP contribution >= 0.6 is 0 Å². The lowest BCUT2D eigenvalue weighted by Crippen LogP contribution is -2.70. The minimum Gasteiger partial charge on any atom is -0.394 e. The number of aliphatic hydroxyl groups excluding tert-OH is 17. The second-order valence-electron chi connectivity index (χ2n) is 18.1. The van der Waals surface area contributed by atoms with Gasteiger partial charge in [-0.15, -0.1) is 6.58 Å². The first kappa shape index (κ1) is 59.3. The van der Waals surface area contributed by atoms with Crippen molar-refractivity contribution in [3.63, 3.8) is 0 Å². The van der Waals surface area contributed by atoms with Gasteiger partial charge >= 0.3 is 0 Å². The fraction of sp³-hybridized carbons (Fsp3) is 0.927. The second kappa shape index (κ2) is 25.9. The molecule has 6 saturated heterocycles. The van der Waals surface area contributed by atoms with E-state index in [-0.39, 0.29) is 6.61 Å². The van der Waals surface area contributed by atoms with Gasteiger partial charge in [0.1, 0.15) is 140 Å². The van der Waals surface area contributed by atoms with Gasteiger partial charge in [0, 0.05) is 6.92 Å². The van der Waals surface area contributed by atoms with Crippen LogP contribution in [0.1, 0.15) is 13.8 Å². The summed E-state index contributed by atoms with van der Waals surface area (Å²) in [5, 5.41) is 186. The highest BCUT2D eigenvalue weighted by molar-refractivity contribution is 5.73. The molecule has 18 N–H and O–H groups in total. The zero-order chi connectivity index (χ0) is 53.0. The van der Waals surface area contributed by atoms with Crippen molar-refractivity contribution in [1.82, 2.24) is 5.32 Å². The maximum atomic E-state index is 12.8. The molecule has 0 aromatic rings. The third-order valence-electron chi connectivity index (χ3n) is 13.2. The Morgan fingerprint density at radius 3 is 1.36 bits per heavy atom. The van der Waals surface area contributed by atoms with Crippen molar-refractivity contribution in [3.8, 4) is 0 Å². The molecule has 0 spiro atoms. The number of ether oxygens (including phenoxy) is 12. The first-order valence-corrected chi connectivity index (χ1v) is 23.1. The predicted molar refractivity (Wildman–Crippen MR) is 223 cm³/mol. The number of carbonyl (C=O) groups is 1. The van der Waals surface area contributed by atoms with Crippen LogP contribution < -0.4 is 5.32 Å². The van der Waals surface area contributed by atoms with E-state index in [1.54, 1.807) is 0 Å². The number of carbonyl (C=O) groups excluding carboxylic acids is 1. The van der Waals surface area contributed by atoms with E-state index in [2.05, 4.69) is 11.9 Å². The van der Waals surface area contributed by atoms with E-state index < -0.39 is 223 Å². The van der Waals surface area contributed by atoms with Gasteiger partial charge < -0.3 is 149 Å². The maximum absolute atomic E-state index is 12.8. The summed E-state index contributed by atoms with van der Waals surface area (Å²) in [4.78, 5) is 12.8. The molecule has 30 atom stereocenters. The summed E-state index contributed by atoms with van der Waals surface area (Å²) in [7, 11) is 0. The predicted octanol–water partition coefficient (Wildman–Crippen LogP) is -11.7. The first-order chi connectivity index (χ1) is 34.2. The fourth-order valence-corrected chi connectivity index (χ4v) is 9.13. The van der Waals surface area contributed by atoms with E-state index in [4.69, 9.17) is 56.8 Å². The van der Waals surface area contributed by atoms with Gasteiger partial charge in [-0.05, 0) is 6.92 Å². The maximum Gasteiger partial charge on any atom is 0.217 e. The molecule has 0 saturated carbocycles. The first-order valence-electron chi connectivity index (χ1n) is 23.1. The molecule has 0 aromatic carbocycles. The average Bonchev–Trinajstić information content (AvgIpc) is 3.36. The molecule has 0 bridgehead atoms. The molecule has 418 valence electrons. The van der Waals surface area contributed by atoms with Gasteiger partial charge in [-0.1, -0.05) is 6.08 Å². The average molecular weight is 1060 g/mol. The quantitative estimate of drug-likeness (QED) is 0.0534. The number of hydrogen-bond acceptors (Lipinski definition) is 30. The van der Waals surface area contributed by atoms with Crippen LogP contribution in [-0.2, 0) is 61.6 Å². The summed E-state index contributed by atoms with van der Waals surface area (Å²) < 4.78 is 68.5. The third-order valence-corrected chi connectivity index (χ3v) is 13.2. The van der Waals surface area contributed by atoms with Crippen molar-refractivity contribution < 1.29 is 148 Å². The highest BCUT2D eigenvalue weighted by atomic mass is 16.8. The van der Waals surface area contributed by atoms with Crippen molar-refractivity contribution in [3.05, 3.63) is 12.7 Å². The Hall–Kier alpha value is -1.95. The molecule has 72 heavy (non-hydrogen) atoms. The summed E-state index contributed by atoms with van der Waals surface area (Å²) in [5.41, 5.74) is 0. The van der Waals surface area contributed by atoms with Crippen LogP contribution in [0.4, 0.5) is 0 Å². The largest absolute Gasteiger partial charge is 0.394 e. The van der Waals surface area contributed by atoms with Crippen molar-refractivity contribution in [2.45, 2.75) is 198 Å². The molecular formula is C41H69NO30. The Bertz CT molecular complexity index is 1690. The molecule has 0 aromatic heterocycles. The van der Waals surface area contributed by atoms with Crippen LogP contribution in [0, 0.1) is 0 Å². The smallest absolute Gasteiger partial charge is 0.217 e. The minimum absolute atomic E-state index is 0.111. The molecule has 18 unspecified atom stereocenters. The SMILES string of the molecule is C=CCO[C@@H]1OC(CO)[C@@H](O[C@@H]2OC(CO)[C@H](O[C@H]3OC(CO)[C@H](O)C(O[C@@H]4OC(CO)[C@H](O)C(O[C@@H]5OC(CO)[C@H](O)C(O)C5O[C@@H]5OC(C)[C@@H](O)C(O)C5O)C4NC(C)=O)C3O)C(O)C2O)C(O)C1O. The lowest BCUT2D eigenvalue weighted by atomic mass is 9.94. The highest BCUT2D eigenvalue weighted by Crippen LogP contribution is 2.37. The molecule has 1 amide bonds. The topological polar surface area (TPSA) is 484 Å². The summed E-state index contributed by atoms with van der Waals surface area (Å²) in [6, 6.07) is -1.78. The van der Waals surface area contributed by atoms with Gasteiger partial charge in [-0.2, -0.15) is 0 Å². The summed E-state index contributed by atoms with van der Waals surface area (Å²) in [5.74, 6) is -0.859. The summed E-state index contributed by atoms with van der Waals surface area (Å²) in [6.45, 7) is 0.912.